The smallest absolute Gasteiger partial charge is 0.268 e. The molecule has 0 aliphatic heterocycles. The van der Waals surface area contributed by atoms with Crippen LogP contribution in [0.15, 0.2) is 38.7 Å². The first-order valence-electron chi connectivity index (χ1n) is 7.46. The van der Waals surface area contributed by atoms with Gasteiger partial charge in [0, 0.05) is 4.47 Å². The maximum Gasteiger partial charge on any atom is 0.268 e. The minimum absolute atomic E-state index is 0.0225. The Morgan fingerprint density at radius 2 is 2.00 bits per heavy atom. The molecule has 2 rings (SSSR count). The van der Waals surface area contributed by atoms with Crippen LogP contribution in [0.3, 0.4) is 0 Å². The highest BCUT2D eigenvalue weighted by atomic mass is 79.9. The van der Waals surface area contributed by atoms with Crippen molar-refractivity contribution < 1.29 is 13.2 Å². The van der Waals surface area contributed by atoms with E-state index in [1.165, 1.54) is 6.08 Å². The number of hydrogen-bond donors (Lipinski definition) is 1. The van der Waals surface area contributed by atoms with Gasteiger partial charge in [0.05, 0.1) is 5.75 Å². The van der Waals surface area contributed by atoms with E-state index in [1.54, 1.807) is 38.1 Å². The zero-order valence-electron chi connectivity index (χ0n) is 13.9. The van der Waals surface area contributed by atoms with Crippen LogP contribution in [0, 0.1) is 17.2 Å². The normalized spacial score (nSPS) is 12.0. The van der Waals surface area contributed by atoms with Crippen molar-refractivity contribution in [3.8, 4) is 6.07 Å². The summed E-state index contributed by atoms with van der Waals surface area (Å²) in [4.78, 5) is 12.2. The number of nitrogens with one attached hydrogen (secondary N) is 1. The number of nitriles is 1. The summed E-state index contributed by atoms with van der Waals surface area (Å²) >= 11 is 4.07. The second-order valence-corrected chi connectivity index (χ2v) is 9.83. The van der Waals surface area contributed by atoms with Crippen molar-refractivity contribution in [2.75, 3.05) is 11.1 Å². The maximum atomic E-state index is 12.2. The SMILES string of the molecule is CC(C)CS(=O)(=O)c1nnc(NC(=O)/C(C#N)=C\c2ccc(Br)cc2)s1. The number of benzene rings is 1. The number of anilines is 1. The zero-order chi connectivity index (χ0) is 19.3. The number of halogens is 1. The Kier molecular flexibility index (Phi) is 6.63. The fourth-order valence-electron chi connectivity index (χ4n) is 1.93. The predicted molar refractivity (Wildman–Crippen MR) is 103 cm³/mol. The lowest BCUT2D eigenvalue weighted by molar-refractivity contribution is -0.112. The summed E-state index contributed by atoms with van der Waals surface area (Å²) in [6, 6.07) is 8.89. The largest absolute Gasteiger partial charge is 0.296 e. The summed E-state index contributed by atoms with van der Waals surface area (Å²) in [6.45, 7) is 3.57. The minimum Gasteiger partial charge on any atom is -0.296 e. The van der Waals surface area contributed by atoms with Crippen LogP contribution >= 0.6 is 27.3 Å². The van der Waals surface area contributed by atoms with Gasteiger partial charge in [0.2, 0.25) is 19.3 Å². The Balaban J connectivity index is 2.16. The standard InChI is InChI=1S/C16H15BrN4O3S2/c1-10(2)9-26(23,24)16-21-20-15(25-16)19-14(22)12(8-18)7-11-3-5-13(17)6-4-11/h3-7,10H,9H2,1-2H3,(H,19,20,22)/b12-7-. The van der Waals surface area contributed by atoms with E-state index in [0.717, 1.165) is 15.8 Å². The van der Waals surface area contributed by atoms with Gasteiger partial charge in [-0.1, -0.05) is 53.2 Å². The molecule has 7 nitrogen and oxygen atoms in total. The van der Waals surface area contributed by atoms with Gasteiger partial charge in [-0.3, -0.25) is 10.1 Å². The van der Waals surface area contributed by atoms with Crippen molar-refractivity contribution in [2.45, 2.75) is 18.2 Å². The fourth-order valence-corrected chi connectivity index (χ4v) is 4.81. The molecule has 0 aliphatic rings. The van der Waals surface area contributed by atoms with Gasteiger partial charge in [0.15, 0.2) is 0 Å². The molecular weight excluding hydrogens is 440 g/mol. The molecule has 0 spiro atoms. The molecule has 2 aromatic rings. The fraction of sp³-hybridized carbons (Fsp3) is 0.250. The van der Waals surface area contributed by atoms with Crippen LogP contribution in [-0.2, 0) is 14.6 Å². The molecular formula is C16H15BrN4O3S2. The predicted octanol–water partition coefficient (Wildman–Crippen LogP) is 3.28. The van der Waals surface area contributed by atoms with E-state index in [-0.39, 0.29) is 26.7 Å². The van der Waals surface area contributed by atoms with Crippen molar-refractivity contribution in [1.82, 2.24) is 10.2 Å². The summed E-state index contributed by atoms with van der Waals surface area (Å²) in [5.74, 6) is -0.789. The van der Waals surface area contributed by atoms with Gasteiger partial charge < -0.3 is 0 Å². The molecule has 1 heterocycles. The highest BCUT2D eigenvalue weighted by Gasteiger charge is 2.22. The molecule has 0 aliphatic carbocycles. The Hall–Kier alpha value is -2.09. The van der Waals surface area contributed by atoms with Gasteiger partial charge in [0.25, 0.3) is 5.91 Å². The van der Waals surface area contributed by atoms with Crippen molar-refractivity contribution in [1.29, 1.82) is 5.26 Å². The first-order chi connectivity index (χ1) is 12.2. The minimum atomic E-state index is -3.54. The van der Waals surface area contributed by atoms with E-state index in [1.807, 2.05) is 6.07 Å². The molecule has 0 saturated heterocycles. The summed E-state index contributed by atoms with van der Waals surface area (Å²) in [7, 11) is -3.54. The monoisotopic (exact) mass is 454 g/mol. The second-order valence-electron chi connectivity index (χ2n) is 5.72. The summed E-state index contributed by atoms with van der Waals surface area (Å²) in [5.41, 5.74) is 0.548. The molecule has 1 aromatic carbocycles. The molecule has 1 N–H and O–H groups in total. The third-order valence-corrected chi connectivity index (χ3v) is 6.88. The lowest BCUT2D eigenvalue weighted by Gasteiger charge is -2.02. The summed E-state index contributed by atoms with van der Waals surface area (Å²) in [5, 5.41) is 19.0. The third kappa shape index (κ3) is 5.45. The highest BCUT2D eigenvalue weighted by Crippen LogP contribution is 2.23. The van der Waals surface area contributed by atoms with Gasteiger partial charge in [-0.15, -0.1) is 10.2 Å². The van der Waals surface area contributed by atoms with Crippen LogP contribution in [0.25, 0.3) is 6.08 Å². The van der Waals surface area contributed by atoms with Crippen LogP contribution in [-0.4, -0.2) is 30.3 Å². The van der Waals surface area contributed by atoms with E-state index in [0.29, 0.717) is 5.56 Å². The molecule has 136 valence electrons. The lowest BCUT2D eigenvalue weighted by atomic mass is 10.1. The third-order valence-electron chi connectivity index (χ3n) is 2.99. The molecule has 0 unspecified atom stereocenters. The molecule has 26 heavy (non-hydrogen) atoms. The van der Waals surface area contributed by atoms with Gasteiger partial charge in [0.1, 0.15) is 11.6 Å². The Bertz CT molecular complexity index is 974. The van der Waals surface area contributed by atoms with E-state index in [9.17, 15) is 18.5 Å². The topological polar surface area (TPSA) is 113 Å². The number of carbonyl (C=O) groups is 1. The van der Waals surface area contributed by atoms with Crippen molar-refractivity contribution in [3.63, 3.8) is 0 Å². The van der Waals surface area contributed by atoms with Crippen LogP contribution < -0.4 is 5.32 Å². The summed E-state index contributed by atoms with van der Waals surface area (Å²) < 4.78 is 25.0. The molecule has 0 atom stereocenters. The van der Waals surface area contributed by atoms with Gasteiger partial charge in [-0.05, 0) is 29.7 Å². The zero-order valence-corrected chi connectivity index (χ0v) is 17.2. The molecule has 0 fully saturated rings. The van der Waals surface area contributed by atoms with E-state index in [4.69, 9.17) is 0 Å². The molecule has 1 amide bonds. The van der Waals surface area contributed by atoms with E-state index >= 15 is 0 Å². The van der Waals surface area contributed by atoms with Crippen LogP contribution in [0.1, 0.15) is 19.4 Å². The molecule has 1 aromatic heterocycles. The quantitative estimate of drug-likeness (QED) is 0.406. The van der Waals surface area contributed by atoms with Gasteiger partial charge >= 0.3 is 0 Å². The highest BCUT2D eigenvalue weighted by molar-refractivity contribution is 9.10. The first kappa shape index (κ1) is 20.2. The number of aromatic nitrogens is 2. The number of amides is 1. The second kappa shape index (κ2) is 8.53. The van der Waals surface area contributed by atoms with Crippen LogP contribution in [0.5, 0.6) is 0 Å². The van der Waals surface area contributed by atoms with Crippen molar-refractivity contribution in [3.05, 3.63) is 39.9 Å². The lowest BCUT2D eigenvalue weighted by Crippen LogP contribution is -2.13. The molecule has 10 heteroatoms. The van der Waals surface area contributed by atoms with Crippen molar-refractivity contribution in [2.24, 2.45) is 5.92 Å². The number of nitrogens with zero attached hydrogens (tertiary/aromatic N) is 3. The average molecular weight is 455 g/mol. The Morgan fingerprint density at radius 3 is 2.58 bits per heavy atom. The van der Waals surface area contributed by atoms with Crippen LogP contribution in [0.4, 0.5) is 5.13 Å². The van der Waals surface area contributed by atoms with E-state index < -0.39 is 15.7 Å². The molecule has 0 bridgehead atoms. The Morgan fingerprint density at radius 1 is 1.35 bits per heavy atom. The van der Waals surface area contributed by atoms with Gasteiger partial charge in [-0.2, -0.15) is 5.26 Å². The number of carbonyl (C=O) groups excluding carboxylic acids is 1. The van der Waals surface area contributed by atoms with Crippen LogP contribution in [0.2, 0.25) is 0 Å². The van der Waals surface area contributed by atoms with Gasteiger partial charge in [-0.25, -0.2) is 8.42 Å². The average Bonchev–Trinajstić information content (AvgIpc) is 3.02. The number of hydrogen-bond acceptors (Lipinski definition) is 7. The molecule has 0 radical (unpaired) electrons. The first-order valence-corrected chi connectivity index (χ1v) is 10.7. The maximum absolute atomic E-state index is 12.2. The number of rotatable bonds is 6. The molecule has 0 saturated carbocycles. The summed E-state index contributed by atoms with van der Waals surface area (Å²) in [6.07, 6.45) is 1.43. The van der Waals surface area contributed by atoms with Crippen molar-refractivity contribution >= 4 is 54.2 Å². The van der Waals surface area contributed by atoms with E-state index in [2.05, 4.69) is 31.4 Å². The Labute approximate surface area is 163 Å². The number of sulfone groups is 1.